The number of amides is 1. The molecular formula is C36H39N7O3S2. The van der Waals surface area contributed by atoms with Gasteiger partial charge in [0, 0.05) is 24.2 Å². The van der Waals surface area contributed by atoms with E-state index in [9.17, 15) is 14.7 Å². The van der Waals surface area contributed by atoms with Crippen LogP contribution in [0.25, 0.3) is 32.2 Å². The minimum Gasteiger partial charge on any atom is -0.477 e. The number of aromatic nitrogens is 6. The number of nitrogens with zero attached hydrogens (tertiary/aromatic N) is 6. The van der Waals surface area contributed by atoms with E-state index in [1.165, 1.54) is 48.4 Å². The summed E-state index contributed by atoms with van der Waals surface area (Å²) in [5.41, 5.74) is 13.1. The predicted octanol–water partition coefficient (Wildman–Crippen LogP) is 8.42. The molecule has 2 saturated carbocycles. The Bertz CT molecular complexity index is 1960. The van der Waals surface area contributed by atoms with Gasteiger partial charge >= 0.3 is 5.97 Å². The van der Waals surface area contributed by atoms with E-state index in [2.05, 4.69) is 10.2 Å². The fourth-order valence-electron chi connectivity index (χ4n) is 7.27. The number of pyridine rings is 2. The van der Waals surface area contributed by atoms with Gasteiger partial charge in [-0.05, 0) is 63.8 Å². The number of fused-ring (bicyclic) bond motifs is 2. The number of primary amides is 1. The second kappa shape index (κ2) is 13.6. The van der Waals surface area contributed by atoms with Crippen LogP contribution in [0.2, 0.25) is 0 Å². The zero-order valence-corrected chi connectivity index (χ0v) is 28.8. The van der Waals surface area contributed by atoms with Gasteiger partial charge in [-0.2, -0.15) is 10.2 Å². The molecule has 0 aliphatic heterocycles. The summed E-state index contributed by atoms with van der Waals surface area (Å²) in [6.45, 7) is 3.93. The van der Waals surface area contributed by atoms with Crippen LogP contribution in [-0.4, -0.2) is 46.2 Å². The first-order valence-electron chi connectivity index (χ1n) is 16.7. The molecule has 0 radical (unpaired) electrons. The van der Waals surface area contributed by atoms with Crippen molar-refractivity contribution in [3.8, 4) is 21.1 Å². The van der Waals surface area contributed by atoms with E-state index < -0.39 is 5.97 Å². The first kappa shape index (κ1) is 32.1. The molecule has 248 valence electrons. The average Bonchev–Trinajstić information content (AvgIpc) is 3.87. The van der Waals surface area contributed by atoms with Crippen molar-refractivity contribution in [1.82, 2.24) is 29.2 Å². The lowest BCUT2D eigenvalue weighted by molar-refractivity contribution is 0.0699. The van der Waals surface area contributed by atoms with Crippen LogP contribution in [-0.2, 0) is 0 Å². The Morgan fingerprint density at radius 1 is 0.708 bits per heavy atom. The second-order valence-corrected chi connectivity index (χ2v) is 14.8. The van der Waals surface area contributed by atoms with Gasteiger partial charge in [0.05, 0.1) is 44.9 Å². The first-order valence-corrected chi connectivity index (χ1v) is 18.4. The number of nitrogens with two attached hydrogens (primary N) is 1. The average molecular weight is 682 g/mol. The van der Waals surface area contributed by atoms with Crippen LogP contribution in [0.15, 0.2) is 48.8 Å². The van der Waals surface area contributed by atoms with Gasteiger partial charge in [-0.3, -0.25) is 4.79 Å². The molecule has 3 N–H and O–H groups in total. The predicted molar refractivity (Wildman–Crippen MR) is 189 cm³/mol. The highest BCUT2D eigenvalue weighted by Gasteiger charge is 2.29. The third-order valence-electron chi connectivity index (χ3n) is 9.57. The number of carbonyl (C=O) groups excluding carboxylic acids is 1. The number of thiazole rings is 2. The summed E-state index contributed by atoms with van der Waals surface area (Å²) in [5.74, 6) is -0.604. The minimum atomic E-state index is -0.867. The molecule has 2 fully saturated rings. The molecule has 2 aliphatic carbocycles. The van der Waals surface area contributed by atoms with E-state index in [4.69, 9.17) is 15.7 Å². The number of aryl methyl sites for hydroxylation is 2. The molecule has 0 bridgehead atoms. The fourth-order valence-corrected chi connectivity index (χ4v) is 9.48. The smallest absolute Gasteiger partial charge is 0.347 e. The third kappa shape index (κ3) is 6.14. The van der Waals surface area contributed by atoms with Gasteiger partial charge in [0.25, 0.3) is 5.91 Å². The zero-order valence-electron chi connectivity index (χ0n) is 27.2. The SMILES string of the molecule is Cc1nn2ccccc2c1-c1nc(C2CCCCC2)c(C(=O)O)s1.Cc1nn2ccccc2c1-c1nc(C2CCCCC2)c(C(N)=O)s1. The molecule has 0 spiro atoms. The molecular weight excluding hydrogens is 643 g/mol. The highest BCUT2D eigenvalue weighted by Crippen LogP contribution is 2.41. The van der Waals surface area contributed by atoms with Gasteiger partial charge < -0.3 is 10.8 Å². The van der Waals surface area contributed by atoms with Crippen molar-refractivity contribution in [3.05, 3.63) is 81.3 Å². The van der Waals surface area contributed by atoms with E-state index in [0.29, 0.717) is 15.7 Å². The molecule has 1 amide bonds. The lowest BCUT2D eigenvalue weighted by atomic mass is 9.86. The Morgan fingerprint density at radius 2 is 1.15 bits per heavy atom. The maximum absolute atomic E-state index is 12.0. The molecule has 0 unspecified atom stereocenters. The lowest BCUT2D eigenvalue weighted by Gasteiger charge is -2.20. The number of aromatic carboxylic acids is 1. The highest BCUT2D eigenvalue weighted by molar-refractivity contribution is 7.17. The Morgan fingerprint density at radius 3 is 1.58 bits per heavy atom. The van der Waals surface area contributed by atoms with E-state index in [1.807, 2.05) is 71.7 Å². The summed E-state index contributed by atoms with van der Waals surface area (Å²) in [7, 11) is 0. The summed E-state index contributed by atoms with van der Waals surface area (Å²) in [6.07, 6.45) is 15.3. The van der Waals surface area contributed by atoms with E-state index >= 15 is 0 Å². The van der Waals surface area contributed by atoms with Gasteiger partial charge in [-0.25, -0.2) is 23.8 Å². The second-order valence-electron chi connectivity index (χ2n) is 12.8. The van der Waals surface area contributed by atoms with Crippen molar-refractivity contribution in [2.75, 3.05) is 0 Å². The molecule has 48 heavy (non-hydrogen) atoms. The van der Waals surface area contributed by atoms with Crippen LogP contribution in [0.3, 0.4) is 0 Å². The van der Waals surface area contributed by atoms with Gasteiger partial charge in [-0.15, -0.1) is 22.7 Å². The van der Waals surface area contributed by atoms with Crippen molar-refractivity contribution < 1.29 is 14.7 Å². The number of rotatable bonds is 6. The van der Waals surface area contributed by atoms with E-state index in [1.54, 1.807) is 0 Å². The Labute approximate surface area is 286 Å². The van der Waals surface area contributed by atoms with Crippen molar-refractivity contribution in [2.24, 2.45) is 5.73 Å². The molecule has 12 heteroatoms. The standard InChI is InChI=1S/C18H20N4OS.C18H19N3O2S/c1-11-14(13-9-5-6-10-22(13)21-11)18-20-15(16(24-18)17(19)23)12-7-3-2-4-8-12;1-11-14(13-9-5-6-10-21(13)20-11)17-19-15(16(24-17)18(22)23)12-7-3-2-4-8-12/h5-6,9-10,12H,2-4,7-8H2,1H3,(H2,19,23);5-6,9-10,12H,2-4,7-8H2,1H3,(H,22,23). The summed E-state index contributed by atoms with van der Waals surface area (Å²) in [6, 6.07) is 11.9. The van der Waals surface area contributed by atoms with E-state index in [-0.39, 0.29) is 11.8 Å². The Kier molecular flexibility index (Phi) is 9.11. The molecule has 0 atom stereocenters. The van der Waals surface area contributed by atoms with Gasteiger partial charge in [0.15, 0.2) is 0 Å². The van der Waals surface area contributed by atoms with Crippen LogP contribution in [0.4, 0.5) is 0 Å². The largest absolute Gasteiger partial charge is 0.477 e. The van der Waals surface area contributed by atoms with Gasteiger partial charge in [-0.1, -0.05) is 50.7 Å². The molecule has 8 rings (SSSR count). The first-order chi connectivity index (χ1) is 23.3. The van der Waals surface area contributed by atoms with Crippen LogP contribution >= 0.6 is 22.7 Å². The molecule has 6 heterocycles. The summed E-state index contributed by atoms with van der Waals surface area (Å²) in [4.78, 5) is 34.4. The minimum absolute atomic E-state index is 0.275. The van der Waals surface area contributed by atoms with Crippen LogP contribution < -0.4 is 5.73 Å². The van der Waals surface area contributed by atoms with Crippen molar-refractivity contribution in [2.45, 2.75) is 89.9 Å². The molecule has 6 aromatic rings. The third-order valence-corrected chi connectivity index (χ3v) is 11.7. The van der Waals surface area contributed by atoms with Crippen molar-refractivity contribution in [3.63, 3.8) is 0 Å². The van der Waals surface area contributed by atoms with Crippen LogP contribution in [0.5, 0.6) is 0 Å². The van der Waals surface area contributed by atoms with Crippen molar-refractivity contribution >= 4 is 45.6 Å². The fraction of sp³-hybridized carbons (Fsp3) is 0.389. The molecule has 6 aromatic heterocycles. The molecule has 0 saturated heterocycles. The van der Waals surface area contributed by atoms with Gasteiger partial charge in [0.2, 0.25) is 0 Å². The lowest BCUT2D eigenvalue weighted by Crippen LogP contribution is -2.15. The normalized spacial score (nSPS) is 15.9. The number of hydrogen-bond donors (Lipinski definition) is 2. The maximum atomic E-state index is 12.0. The van der Waals surface area contributed by atoms with Crippen LogP contribution in [0.1, 0.15) is 118 Å². The number of hydrogen-bond acceptors (Lipinski definition) is 8. The topological polar surface area (TPSA) is 141 Å². The van der Waals surface area contributed by atoms with E-state index in [0.717, 1.165) is 93.5 Å². The number of carbonyl (C=O) groups is 2. The number of carboxylic acids is 1. The maximum Gasteiger partial charge on any atom is 0.347 e. The van der Waals surface area contributed by atoms with Crippen molar-refractivity contribution in [1.29, 1.82) is 0 Å². The number of carboxylic acid groups (broad SMARTS) is 1. The molecule has 2 aliphatic rings. The molecule has 10 nitrogen and oxygen atoms in total. The zero-order chi connectivity index (χ0) is 33.4. The van der Waals surface area contributed by atoms with Crippen LogP contribution in [0, 0.1) is 13.8 Å². The summed E-state index contributed by atoms with van der Waals surface area (Å²) >= 11 is 2.69. The Balaban J connectivity index is 0.000000152. The monoisotopic (exact) mass is 681 g/mol. The summed E-state index contributed by atoms with van der Waals surface area (Å²) in [5, 5.41) is 20.3. The quantitative estimate of drug-likeness (QED) is 0.180. The summed E-state index contributed by atoms with van der Waals surface area (Å²) < 4.78 is 3.68. The Hall–Kier alpha value is -4.42. The van der Waals surface area contributed by atoms with Gasteiger partial charge in [0.1, 0.15) is 19.8 Å². The highest BCUT2D eigenvalue weighted by atomic mass is 32.1. The molecule has 0 aromatic carbocycles.